The van der Waals surface area contributed by atoms with Gasteiger partial charge in [-0.1, -0.05) is 75.2 Å². The second-order valence-corrected chi connectivity index (χ2v) is 11.9. The molecule has 0 radical (unpaired) electrons. The lowest BCUT2D eigenvalue weighted by atomic mass is 9.80. The summed E-state index contributed by atoms with van der Waals surface area (Å²) in [7, 11) is 4.28. The summed E-state index contributed by atoms with van der Waals surface area (Å²) in [6.45, 7) is 9.07. The van der Waals surface area contributed by atoms with Crippen LogP contribution in [0.15, 0.2) is 84.2 Å². The third-order valence-corrected chi connectivity index (χ3v) is 8.43. The highest BCUT2D eigenvalue weighted by molar-refractivity contribution is 6.31. The van der Waals surface area contributed by atoms with E-state index in [0.717, 1.165) is 21.3 Å². The largest absolute Gasteiger partial charge is 0.399 e. The predicted molar refractivity (Wildman–Crippen MR) is 156 cm³/mol. The molecule has 0 aliphatic carbocycles. The highest BCUT2D eigenvalue weighted by Crippen LogP contribution is 2.51. The van der Waals surface area contributed by atoms with Crippen LogP contribution in [0, 0.1) is 0 Å². The third kappa shape index (κ3) is 3.90. The van der Waals surface area contributed by atoms with Crippen LogP contribution in [-0.2, 0) is 10.8 Å². The van der Waals surface area contributed by atoms with Crippen LogP contribution < -0.4 is 15.5 Å². The zero-order valence-electron chi connectivity index (χ0n) is 21.7. The van der Waals surface area contributed by atoms with Gasteiger partial charge >= 0.3 is 0 Å². The number of rotatable bonds is 3. The Kier molecular flexibility index (Phi) is 5.93. The number of allylic oxidation sites excluding steroid dienone is 4. The minimum atomic E-state index is -0.195. The van der Waals surface area contributed by atoms with Crippen molar-refractivity contribution in [3.63, 3.8) is 0 Å². The Morgan fingerprint density at radius 1 is 0.722 bits per heavy atom. The van der Waals surface area contributed by atoms with Gasteiger partial charge in [-0.25, -0.2) is 0 Å². The van der Waals surface area contributed by atoms with Gasteiger partial charge in [-0.15, -0.1) is 0 Å². The topological polar surface area (TPSA) is 32.5 Å². The predicted octanol–water partition coefficient (Wildman–Crippen LogP) is 8.28. The molecule has 3 aromatic carbocycles. The first kappa shape index (κ1) is 24.8. The zero-order chi connectivity index (χ0) is 26.0. The van der Waals surface area contributed by atoms with Crippen molar-refractivity contribution >= 4 is 40.3 Å². The number of nitrogen functional groups attached to an aromatic ring is 1. The molecule has 0 fully saturated rings. The second-order valence-electron chi connectivity index (χ2n) is 11.0. The zero-order valence-corrected chi connectivity index (χ0v) is 23.2. The van der Waals surface area contributed by atoms with Crippen LogP contribution in [0.2, 0.25) is 10.0 Å². The summed E-state index contributed by atoms with van der Waals surface area (Å²) >= 11 is 12.8. The number of halogens is 2. The quantitative estimate of drug-likeness (QED) is 0.354. The van der Waals surface area contributed by atoms with Crippen LogP contribution >= 0.6 is 23.2 Å². The van der Waals surface area contributed by atoms with Gasteiger partial charge in [0, 0.05) is 69.3 Å². The van der Waals surface area contributed by atoms with Crippen LogP contribution in [0.25, 0.3) is 0 Å². The van der Waals surface area contributed by atoms with E-state index in [4.69, 9.17) is 28.9 Å². The van der Waals surface area contributed by atoms with Crippen molar-refractivity contribution < 1.29 is 0 Å². The lowest BCUT2D eigenvalue weighted by molar-refractivity contribution is 0.627. The molecule has 3 aromatic rings. The Hall–Kier alpha value is -2.88. The maximum absolute atomic E-state index is 6.40. The molecule has 0 bridgehead atoms. The number of likely N-dealkylation sites (N-methyl/N-ethyl adjacent to an activating group) is 2. The van der Waals surface area contributed by atoms with Gasteiger partial charge in [0.2, 0.25) is 0 Å². The summed E-state index contributed by atoms with van der Waals surface area (Å²) in [5.41, 5.74) is 15.1. The molecule has 0 spiro atoms. The normalized spacial score (nSPS) is 20.7. The minimum Gasteiger partial charge on any atom is -0.399 e. The monoisotopic (exact) mass is 517 g/mol. The summed E-state index contributed by atoms with van der Waals surface area (Å²) in [4.78, 5) is 4.59. The van der Waals surface area contributed by atoms with Gasteiger partial charge in [0.15, 0.2) is 0 Å². The molecule has 3 nitrogen and oxygen atoms in total. The molecule has 5 heteroatoms. The number of hydrogen-bond acceptors (Lipinski definition) is 3. The van der Waals surface area contributed by atoms with Crippen LogP contribution in [-0.4, -0.2) is 14.1 Å². The third-order valence-electron chi connectivity index (χ3n) is 7.96. The van der Waals surface area contributed by atoms with Crippen LogP contribution in [0.4, 0.5) is 17.1 Å². The van der Waals surface area contributed by atoms with Gasteiger partial charge in [0.25, 0.3) is 0 Å². The highest BCUT2D eigenvalue weighted by atomic mass is 35.5. The van der Waals surface area contributed by atoms with Gasteiger partial charge < -0.3 is 15.5 Å². The molecule has 1 unspecified atom stereocenters. The summed E-state index contributed by atoms with van der Waals surface area (Å²) in [6.07, 6.45) is 4.77. The fourth-order valence-electron chi connectivity index (χ4n) is 5.96. The van der Waals surface area contributed by atoms with E-state index in [1.165, 1.54) is 33.9 Å². The lowest BCUT2D eigenvalue weighted by Crippen LogP contribution is -2.25. The second kappa shape index (κ2) is 8.61. The summed E-state index contributed by atoms with van der Waals surface area (Å²) < 4.78 is 0. The highest BCUT2D eigenvalue weighted by Gasteiger charge is 2.41. The fraction of sp³-hybridized carbons (Fsp3) is 0.290. The molecule has 0 saturated carbocycles. The molecule has 0 aromatic heterocycles. The molecule has 0 saturated heterocycles. The number of anilines is 3. The Balaban J connectivity index is 1.68. The van der Waals surface area contributed by atoms with Gasteiger partial charge in [-0.05, 0) is 65.2 Å². The van der Waals surface area contributed by atoms with E-state index in [1.54, 1.807) is 0 Å². The summed E-state index contributed by atoms with van der Waals surface area (Å²) in [5.74, 6) is 0.0107. The Morgan fingerprint density at radius 2 is 1.19 bits per heavy atom. The van der Waals surface area contributed by atoms with Crippen LogP contribution in [0.1, 0.15) is 50.3 Å². The lowest BCUT2D eigenvalue weighted by Gasteiger charge is -2.28. The average molecular weight is 519 g/mol. The number of nitrogens with zero attached hydrogens (tertiary/aromatic N) is 2. The van der Waals surface area contributed by atoms with Crippen molar-refractivity contribution in [3.8, 4) is 0 Å². The SMILES string of the molecule is CN1/C(=C\C(/C=C2/N(C)c3ccc(Cl)cc3C2(C)C)c2cccc(N)c2)C(C)(C)c2cc(Cl)ccc21. The van der Waals surface area contributed by atoms with Crippen LogP contribution in [0.5, 0.6) is 0 Å². The van der Waals surface area contributed by atoms with Gasteiger partial charge in [0.1, 0.15) is 0 Å². The number of nitrogens with two attached hydrogens (primary N) is 1. The average Bonchev–Trinajstić information content (AvgIpc) is 3.12. The van der Waals surface area contributed by atoms with Crippen LogP contribution in [0.3, 0.4) is 0 Å². The summed E-state index contributed by atoms with van der Waals surface area (Å²) in [6, 6.07) is 20.6. The molecule has 186 valence electrons. The molecule has 2 aliphatic heterocycles. The van der Waals surface area contributed by atoms with Crippen molar-refractivity contribution in [2.45, 2.75) is 44.4 Å². The molecular weight excluding hydrogens is 485 g/mol. The van der Waals surface area contributed by atoms with E-state index in [2.05, 4.69) is 100 Å². The van der Waals surface area contributed by atoms with E-state index in [-0.39, 0.29) is 16.7 Å². The van der Waals surface area contributed by atoms with E-state index in [1.807, 2.05) is 24.3 Å². The minimum absolute atomic E-state index is 0.0107. The molecule has 5 rings (SSSR count). The first-order valence-electron chi connectivity index (χ1n) is 12.3. The number of fused-ring (bicyclic) bond motifs is 2. The maximum atomic E-state index is 6.40. The Morgan fingerprint density at radius 3 is 1.64 bits per heavy atom. The van der Waals surface area contributed by atoms with Gasteiger partial charge in [-0.3, -0.25) is 0 Å². The number of hydrogen-bond donors (Lipinski definition) is 1. The van der Waals surface area contributed by atoms with Crippen molar-refractivity contribution in [1.82, 2.24) is 0 Å². The molecule has 0 amide bonds. The molecule has 2 aliphatic rings. The number of benzene rings is 3. The maximum Gasteiger partial charge on any atom is 0.0448 e. The van der Waals surface area contributed by atoms with E-state index in [0.29, 0.717) is 0 Å². The molecule has 2 heterocycles. The van der Waals surface area contributed by atoms with Crippen molar-refractivity contribution in [1.29, 1.82) is 0 Å². The van der Waals surface area contributed by atoms with E-state index >= 15 is 0 Å². The van der Waals surface area contributed by atoms with Crippen molar-refractivity contribution in [3.05, 3.63) is 111 Å². The van der Waals surface area contributed by atoms with Crippen molar-refractivity contribution in [2.75, 3.05) is 29.6 Å². The van der Waals surface area contributed by atoms with Gasteiger partial charge in [0.05, 0.1) is 0 Å². The van der Waals surface area contributed by atoms with E-state index < -0.39 is 0 Å². The fourth-order valence-corrected chi connectivity index (χ4v) is 6.31. The summed E-state index contributed by atoms with van der Waals surface area (Å²) in [5, 5.41) is 1.52. The van der Waals surface area contributed by atoms with Gasteiger partial charge in [-0.2, -0.15) is 0 Å². The van der Waals surface area contributed by atoms with E-state index in [9.17, 15) is 0 Å². The standard InChI is InChI=1S/C31H33Cl2N3/c1-30(2)24-17-21(32)10-12-26(24)35(5)28(30)15-20(19-8-7-9-23(34)14-19)16-29-31(3,4)25-18-22(33)11-13-27(25)36(29)6/h7-18,20H,34H2,1-6H3/b28-15-,29-16+. The van der Waals surface area contributed by atoms with Crippen molar-refractivity contribution in [2.24, 2.45) is 0 Å². The Labute approximate surface area is 224 Å². The molecule has 36 heavy (non-hydrogen) atoms. The first-order valence-corrected chi connectivity index (χ1v) is 13.0. The first-order chi connectivity index (χ1) is 16.9. The molecule has 2 N–H and O–H groups in total. The molecular formula is C31H33Cl2N3. The molecule has 1 atom stereocenters. The Bertz CT molecular complexity index is 1330. The smallest absolute Gasteiger partial charge is 0.0448 e.